The fourth-order valence-corrected chi connectivity index (χ4v) is 7.33. The first-order valence-corrected chi connectivity index (χ1v) is 16.7. The highest BCUT2D eigenvalue weighted by molar-refractivity contribution is 7.99. The van der Waals surface area contributed by atoms with Crippen LogP contribution in [0.15, 0.2) is 60.7 Å². The number of likely N-dealkylation sites (tertiary alicyclic amines) is 1. The third-order valence-corrected chi connectivity index (χ3v) is 10.0. The molecule has 3 aliphatic rings. The van der Waals surface area contributed by atoms with Gasteiger partial charge >= 0.3 is 0 Å². The monoisotopic (exact) mass is 660 g/mol. The van der Waals surface area contributed by atoms with Crippen LogP contribution >= 0.6 is 11.8 Å². The largest absolute Gasteiger partial charge is 0.489 e. The molecular formula is C34H39F3N2O6S. The minimum Gasteiger partial charge on any atom is -0.489 e. The third kappa shape index (κ3) is 7.09. The van der Waals surface area contributed by atoms with E-state index in [1.807, 2.05) is 24.3 Å². The first-order valence-electron chi connectivity index (χ1n) is 15.4. The molecule has 3 saturated heterocycles. The molecule has 3 heterocycles. The van der Waals surface area contributed by atoms with Gasteiger partial charge in [0.15, 0.2) is 0 Å². The number of benzene rings is 3. The van der Waals surface area contributed by atoms with Crippen LogP contribution in [0.4, 0.5) is 13.2 Å². The lowest BCUT2D eigenvalue weighted by Crippen LogP contribution is -2.52. The van der Waals surface area contributed by atoms with Crippen LogP contribution < -0.4 is 10.5 Å². The average molecular weight is 661 g/mol. The molecule has 46 heavy (non-hydrogen) atoms. The predicted octanol–water partition coefficient (Wildman–Crippen LogP) is 3.85. The van der Waals surface area contributed by atoms with E-state index in [4.69, 9.17) is 19.9 Å². The first-order chi connectivity index (χ1) is 22.1. The molecule has 3 aliphatic heterocycles. The summed E-state index contributed by atoms with van der Waals surface area (Å²) in [4.78, 5) is 2.26. The number of aliphatic hydroxyl groups is 3. The number of hydrogen-bond acceptors (Lipinski definition) is 9. The highest BCUT2D eigenvalue weighted by Gasteiger charge is 2.44. The van der Waals surface area contributed by atoms with Crippen molar-refractivity contribution < 1.29 is 42.7 Å². The molecule has 0 spiro atoms. The second kappa shape index (κ2) is 14.2. The summed E-state index contributed by atoms with van der Waals surface area (Å²) in [5.41, 5.74) is 7.57. The lowest BCUT2D eigenvalue weighted by molar-refractivity contribution is -0.200. The zero-order chi connectivity index (χ0) is 32.5. The van der Waals surface area contributed by atoms with Crippen LogP contribution in [0.3, 0.4) is 0 Å². The Bertz CT molecular complexity index is 1500. The fraction of sp³-hybridized carbons (Fsp3) is 0.471. The van der Waals surface area contributed by atoms with E-state index in [0.717, 1.165) is 36.7 Å². The van der Waals surface area contributed by atoms with E-state index in [1.54, 1.807) is 12.3 Å². The van der Waals surface area contributed by atoms with Crippen molar-refractivity contribution >= 4 is 11.8 Å². The molecule has 0 radical (unpaired) electrons. The quantitative estimate of drug-likeness (QED) is 0.286. The Kier molecular flexibility index (Phi) is 10.3. The number of halogens is 3. The van der Waals surface area contributed by atoms with E-state index >= 15 is 0 Å². The topological polar surface area (TPSA) is 118 Å². The lowest BCUT2D eigenvalue weighted by Gasteiger charge is -2.40. The van der Waals surface area contributed by atoms with Gasteiger partial charge in [0, 0.05) is 37.2 Å². The highest BCUT2D eigenvalue weighted by Crippen LogP contribution is 2.37. The average Bonchev–Trinajstić information content (AvgIpc) is 3.52. The van der Waals surface area contributed by atoms with Crippen molar-refractivity contribution in [1.82, 2.24) is 4.90 Å². The van der Waals surface area contributed by atoms with Crippen molar-refractivity contribution in [2.45, 2.75) is 73.4 Å². The summed E-state index contributed by atoms with van der Waals surface area (Å²) in [7, 11) is 0. The SMILES string of the molecule is CS[C@H]1O[C@@H](c2ccc(F)c(Cc3ccc(O[C@@H]4CCN([C@H]5CO[C@H](c6cc(F)ccc6F)[C@@H](N)C5)C4)cc3)c2)[C@H](O)[C@@H](O)[C@@H]1O. The summed E-state index contributed by atoms with van der Waals surface area (Å²) < 4.78 is 60.9. The Morgan fingerprint density at radius 1 is 0.935 bits per heavy atom. The molecular weight excluding hydrogens is 621 g/mol. The molecule has 12 heteroatoms. The van der Waals surface area contributed by atoms with Gasteiger partial charge in [-0.2, -0.15) is 0 Å². The number of aliphatic hydroxyl groups excluding tert-OH is 3. The molecule has 9 atom stereocenters. The number of nitrogens with two attached hydrogens (primary N) is 1. The van der Waals surface area contributed by atoms with Crippen LogP contribution in [0.2, 0.25) is 0 Å². The number of rotatable bonds is 8. The molecule has 5 N–H and O–H groups in total. The Morgan fingerprint density at radius 3 is 2.43 bits per heavy atom. The number of nitrogens with zero attached hydrogens (tertiary/aromatic N) is 1. The van der Waals surface area contributed by atoms with Gasteiger partial charge in [-0.05, 0) is 78.3 Å². The first kappa shape index (κ1) is 33.2. The fourth-order valence-electron chi connectivity index (χ4n) is 6.66. The Hall–Kier alpha value is -2.68. The van der Waals surface area contributed by atoms with Gasteiger partial charge in [0.1, 0.15) is 65.3 Å². The minimum absolute atomic E-state index is 0.0458. The molecule has 248 valence electrons. The molecule has 8 nitrogen and oxygen atoms in total. The van der Waals surface area contributed by atoms with Crippen LogP contribution in [0.1, 0.15) is 47.3 Å². The Morgan fingerprint density at radius 2 is 1.70 bits per heavy atom. The second-order valence-electron chi connectivity index (χ2n) is 12.3. The van der Waals surface area contributed by atoms with Gasteiger partial charge in [-0.15, -0.1) is 11.8 Å². The number of hydrogen-bond donors (Lipinski definition) is 4. The van der Waals surface area contributed by atoms with Crippen molar-refractivity contribution in [2.75, 3.05) is 26.0 Å². The van der Waals surface area contributed by atoms with Crippen LogP contribution in [-0.2, 0) is 15.9 Å². The number of ether oxygens (including phenoxy) is 3. The molecule has 0 aliphatic carbocycles. The van der Waals surface area contributed by atoms with Gasteiger partial charge in [0.25, 0.3) is 0 Å². The van der Waals surface area contributed by atoms with Crippen molar-refractivity contribution in [3.63, 3.8) is 0 Å². The van der Waals surface area contributed by atoms with E-state index in [1.165, 1.54) is 23.9 Å². The molecule has 3 aromatic carbocycles. The Balaban J connectivity index is 1.03. The van der Waals surface area contributed by atoms with E-state index in [9.17, 15) is 28.5 Å². The summed E-state index contributed by atoms with van der Waals surface area (Å²) in [5.74, 6) is -0.763. The minimum atomic E-state index is -1.39. The van der Waals surface area contributed by atoms with Crippen LogP contribution in [-0.4, -0.2) is 88.1 Å². The van der Waals surface area contributed by atoms with Crippen LogP contribution in [0, 0.1) is 17.5 Å². The smallest absolute Gasteiger partial charge is 0.132 e. The van der Waals surface area contributed by atoms with Crippen LogP contribution in [0.25, 0.3) is 0 Å². The van der Waals surface area contributed by atoms with Gasteiger partial charge in [-0.3, -0.25) is 4.90 Å². The maximum atomic E-state index is 14.8. The maximum Gasteiger partial charge on any atom is 0.132 e. The van der Waals surface area contributed by atoms with Crippen molar-refractivity contribution in [1.29, 1.82) is 0 Å². The van der Waals surface area contributed by atoms with Gasteiger partial charge in [-0.1, -0.05) is 18.2 Å². The molecule has 0 amide bonds. The number of thioether (sulfide) groups is 1. The second-order valence-corrected chi connectivity index (χ2v) is 13.2. The summed E-state index contributed by atoms with van der Waals surface area (Å²) in [6, 6.07) is 14.8. The van der Waals surface area contributed by atoms with Gasteiger partial charge < -0.3 is 35.3 Å². The summed E-state index contributed by atoms with van der Waals surface area (Å²) in [6.07, 6.45) is -2.20. The molecule has 0 saturated carbocycles. The van der Waals surface area contributed by atoms with Gasteiger partial charge in [-0.25, -0.2) is 13.2 Å². The zero-order valence-corrected chi connectivity index (χ0v) is 26.2. The van der Waals surface area contributed by atoms with Gasteiger partial charge in [0.05, 0.1) is 6.61 Å². The summed E-state index contributed by atoms with van der Waals surface area (Å²) >= 11 is 1.22. The zero-order valence-electron chi connectivity index (χ0n) is 25.3. The highest BCUT2D eigenvalue weighted by atomic mass is 32.2. The van der Waals surface area contributed by atoms with Crippen molar-refractivity contribution in [3.05, 3.63) is 100 Å². The lowest BCUT2D eigenvalue weighted by atomic mass is 9.92. The predicted molar refractivity (Wildman–Crippen MR) is 167 cm³/mol. The molecule has 0 aromatic heterocycles. The van der Waals surface area contributed by atoms with Crippen molar-refractivity contribution in [3.8, 4) is 5.75 Å². The van der Waals surface area contributed by atoms with E-state index in [0.29, 0.717) is 42.9 Å². The molecule has 3 fully saturated rings. The molecule has 0 unspecified atom stereocenters. The van der Waals surface area contributed by atoms with E-state index in [2.05, 4.69) is 4.90 Å². The van der Waals surface area contributed by atoms with E-state index < -0.39 is 59.4 Å². The molecule has 3 aromatic rings. The Labute approximate surface area is 270 Å². The van der Waals surface area contributed by atoms with Crippen molar-refractivity contribution in [2.24, 2.45) is 5.73 Å². The molecule has 6 rings (SSSR count). The molecule has 0 bridgehead atoms. The summed E-state index contributed by atoms with van der Waals surface area (Å²) in [5, 5.41) is 31.0. The van der Waals surface area contributed by atoms with E-state index in [-0.39, 0.29) is 17.7 Å². The maximum absolute atomic E-state index is 14.8. The normalized spacial score (nSPS) is 32.0. The summed E-state index contributed by atoms with van der Waals surface area (Å²) in [6.45, 7) is 1.84. The standard InChI is InChI=1S/C34H39F3N2O6S/c1-46-34-31(42)29(40)30(41)32(45-34)19-4-8-26(36)20(13-19)12-18-2-6-23(7-3-18)44-24-10-11-39(16-24)22-15-28(38)33(43-17-22)25-14-21(35)5-9-27(25)37/h2-9,13-14,22,24,28-34,40-42H,10-12,15-17,38H2,1H3/t22-,24-,28+,29-,30-,31+,32+,33-,34-/m1/s1. The van der Waals surface area contributed by atoms with Crippen LogP contribution in [0.5, 0.6) is 5.75 Å². The third-order valence-electron chi connectivity index (χ3n) is 9.18. The van der Waals surface area contributed by atoms with Gasteiger partial charge in [0.2, 0.25) is 0 Å².